The van der Waals surface area contributed by atoms with E-state index in [0.717, 1.165) is 0 Å². The van der Waals surface area contributed by atoms with E-state index in [4.69, 9.17) is 10.9 Å². The number of aryl methyl sites for hydroxylation is 1. The molecule has 0 aliphatic heterocycles. The molecule has 0 bridgehead atoms. The van der Waals surface area contributed by atoms with Crippen LogP contribution in [0.3, 0.4) is 0 Å². The van der Waals surface area contributed by atoms with Crippen molar-refractivity contribution in [2.75, 3.05) is 0 Å². The number of rotatable bonds is 2. The van der Waals surface area contributed by atoms with Crippen LogP contribution in [0.25, 0.3) is 0 Å². The average molecular weight is 192 g/mol. The number of hydrogen-bond acceptors (Lipinski definition) is 3. The van der Waals surface area contributed by atoms with Crippen LogP contribution in [0.15, 0.2) is 10.7 Å². The van der Waals surface area contributed by atoms with Gasteiger partial charge in [0, 0.05) is 5.56 Å². The largest absolute Gasteiger partial charge is 0.351 e. The number of nitrogens with zero attached hydrogens (tertiary/aromatic N) is 1. The maximum Gasteiger partial charge on any atom is 0.291 e. The second-order valence-corrected chi connectivity index (χ2v) is 3.56. The van der Waals surface area contributed by atoms with Gasteiger partial charge in [-0.3, -0.25) is 4.79 Å². The Labute approximate surface area is 82.7 Å². The minimum absolute atomic E-state index is 0.202. The molecule has 0 aliphatic rings. The Balaban J connectivity index is 2.80. The lowest BCUT2D eigenvalue weighted by Gasteiger charge is -2.18. The highest BCUT2D eigenvalue weighted by molar-refractivity contribution is 5.93. The molecule has 74 valence electrons. The van der Waals surface area contributed by atoms with Gasteiger partial charge in [-0.25, -0.2) is 0 Å². The number of carbonyl (C=O) groups is 1. The molecule has 0 aliphatic carbocycles. The summed E-state index contributed by atoms with van der Waals surface area (Å²) in [5, 5.41) is 6.15. The van der Waals surface area contributed by atoms with Gasteiger partial charge in [0.25, 0.3) is 5.91 Å². The van der Waals surface area contributed by atoms with Crippen LogP contribution in [0, 0.1) is 19.3 Å². The van der Waals surface area contributed by atoms with Crippen LogP contribution in [-0.4, -0.2) is 16.6 Å². The molecule has 1 amide bonds. The maximum absolute atomic E-state index is 11.6. The van der Waals surface area contributed by atoms with Crippen molar-refractivity contribution in [2.24, 2.45) is 0 Å². The summed E-state index contributed by atoms with van der Waals surface area (Å²) >= 11 is 0. The molecule has 4 nitrogen and oxygen atoms in total. The van der Waals surface area contributed by atoms with Gasteiger partial charge in [-0.05, 0) is 20.8 Å². The summed E-state index contributed by atoms with van der Waals surface area (Å²) in [5.74, 6) is 2.32. The van der Waals surface area contributed by atoms with Gasteiger partial charge >= 0.3 is 0 Å². The Bertz CT molecular complexity index is 385. The van der Waals surface area contributed by atoms with Crippen molar-refractivity contribution in [3.05, 3.63) is 17.5 Å². The Morgan fingerprint density at radius 3 is 2.79 bits per heavy atom. The standard InChI is InChI=1S/C10H12N2O2/c1-5-10(3,4)12-9(13)8-7(2)6-11-14-8/h1,6H,2-4H3,(H,12,13). The molecule has 1 N–H and O–H groups in total. The summed E-state index contributed by atoms with van der Waals surface area (Å²) in [6.45, 7) is 5.21. The highest BCUT2D eigenvalue weighted by Gasteiger charge is 2.21. The monoisotopic (exact) mass is 192 g/mol. The molecular weight excluding hydrogens is 180 g/mol. The third-order valence-corrected chi connectivity index (χ3v) is 1.74. The molecule has 14 heavy (non-hydrogen) atoms. The van der Waals surface area contributed by atoms with Crippen LogP contribution in [0.5, 0.6) is 0 Å². The van der Waals surface area contributed by atoms with E-state index in [9.17, 15) is 4.79 Å². The average Bonchev–Trinajstić information content (AvgIpc) is 2.51. The normalized spacial score (nSPS) is 10.7. The Morgan fingerprint density at radius 2 is 2.36 bits per heavy atom. The van der Waals surface area contributed by atoms with Crippen molar-refractivity contribution < 1.29 is 9.32 Å². The third kappa shape index (κ3) is 2.13. The topological polar surface area (TPSA) is 55.1 Å². The Morgan fingerprint density at radius 1 is 1.71 bits per heavy atom. The molecule has 0 unspecified atom stereocenters. The summed E-state index contributed by atoms with van der Waals surface area (Å²) in [6.07, 6.45) is 6.72. The minimum Gasteiger partial charge on any atom is -0.351 e. The van der Waals surface area contributed by atoms with Gasteiger partial charge in [0.15, 0.2) is 0 Å². The van der Waals surface area contributed by atoms with Gasteiger partial charge in [0.1, 0.15) is 0 Å². The summed E-state index contributed by atoms with van der Waals surface area (Å²) < 4.78 is 4.79. The fraction of sp³-hybridized carbons (Fsp3) is 0.400. The molecule has 1 heterocycles. The minimum atomic E-state index is -0.684. The van der Waals surface area contributed by atoms with E-state index in [2.05, 4.69) is 16.4 Å². The number of hydrogen-bond donors (Lipinski definition) is 1. The van der Waals surface area contributed by atoms with Crippen molar-refractivity contribution >= 4 is 5.91 Å². The predicted octanol–water partition coefficient (Wildman–Crippen LogP) is 1.12. The zero-order valence-corrected chi connectivity index (χ0v) is 8.42. The number of terminal acetylenes is 1. The lowest BCUT2D eigenvalue weighted by atomic mass is 10.1. The molecule has 1 rings (SSSR count). The van der Waals surface area contributed by atoms with Crippen molar-refractivity contribution in [2.45, 2.75) is 26.3 Å². The Kier molecular flexibility index (Phi) is 2.61. The molecule has 0 radical (unpaired) electrons. The molecule has 0 spiro atoms. The molecule has 4 heteroatoms. The van der Waals surface area contributed by atoms with Crippen LogP contribution in [0.1, 0.15) is 30.0 Å². The van der Waals surface area contributed by atoms with Crippen molar-refractivity contribution in [1.29, 1.82) is 0 Å². The molecule has 1 aromatic heterocycles. The van der Waals surface area contributed by atoms with E-state index >= 15 is 0 Å². The number of carbonyl (C=O) groups excluding carboxylic acids is 1. The summed E-state index contributed by atoms with van der Waals surface area (Å²) in [7, 11) is 0. The first-order valence-electron chi connectivity index (χ1n) is 4.18. The zero-order valence-electron chi connectivity index (χ0n) is 8.42. The van der Waals surface area contributed by atoms with Gasteiger partial charge in [-0.1, -0.05) is 11.1 Å². The van der Waals surface area contributed by atoms with Crippen LogP contribution in [0.2, 0.25) is 0 Å². The predicted molar refractivity (Wildman–Crippen MR) is 51.6 cm³/mol. The molecule has 0 fully saturated rings. The van der Waals surface area contributed by atoms with Gasteiger partial charge in [-0.2, -0.15) is 0 Å². The fourth-order valence-electron chi connectivity index (χ4n) is 0.886. The Hall–Kier alpha value is -1.76. The molecular formula is C10H12N2O2. The van der Waals surface area contributed by atoms with E-state index in [1.807, 2.05) is 0 Å². The first kappa shape index (κ1) is 10.3. The smallest absolute Gasteiger partial charge is 0.291 e. The van der Waals surface area contributed by atoms with Crippen LogP contribution in [0.4, 0.5) is 0 Å². The third-order valence-electron chi connectivity index (χ3n) is 1.74. The van der Waals surface area contributed by atoms with Crippen LogP contribution >= 0.6 is 0 Å². The number of aromatic nitrogens is 1. The highest BCUT2D eigenvalue weighted by atomic mass is 16.5. The maximum atomic E-state index is 11.6. The van der Waals surface area contributed by atoms with Crippen molar-refractivity contribution in [3.63, 3.8) is 0 Å². The summed E-state index contributed by atoms with van der Waals surface area (Å²) in [5.41, 5.74) is 0.00590. The lowest BCUT2D eigenvalue weighted by molar-refractivity contribution is 0.0891. The van der Waals surface area contributed by atoms with E-state index in [-0.39, 0.29) is 11.7 Å². The fourth-order valence-corrected chi connectivity index (χ4v) is 0.886. The van der Waals surface area contributed by atoms with Crippen LogP contribution in [-0.2, 0) is 0 Å². The second-order valence-electron chi connectivity index (χ2n) is 3.56. The van der Waals surface area contributed by atoms with Gasteiger partial charge in [0.05, 0.1) is 11.7 Å². The highest BCUT2D eigenvalue weighted by Crippen LogP contribution is 2.08. The first-order chi connectivity index (χ1) is 6.46. The van der Waals surface area contributed by atoms with E-state index in [1.54, 1.807) is 20.8 Å². The number of nitrogens with one attached hydrogen (secondary N) is 1. The van der Waals surface area contributed by atoms with E-state index < -0.39 is 5.54 Å². The van der Waals surface area contributed by atoms with Crippen molar-refractivity contribution in [3.8, 4) is 12.3 Å². The van der Waals surface area contributed by atoms with Gasteiger partial charge in [0.2, 0.25) is 5.76 Å². The first-order valence-corrected chi connectivity index (χ1v) is 4.18. The number of amides is 1. The van der Waals surface area contributed by atoms with E-state index in [1.165, 1.54) is 6.20 Å². The summed E-state index contributed by atoms with van der Waals surface area (Å²) in [6, 6.07) is 0. The molecule has 0 aromatic carbocycles. The van der Waals surface area contributed by atoms with Gasteiger partial charge in [-0.15, -0.1) is 6.42 Å². The summed E-state index contributed by atoms with van der Waals surface area (Å²) in [4.78, 5) is 11.6. The molecule has 1 aromatic rings. The zero-order chi connectivity index (χ0) is 10.8. The lowest BCUT2D eigenvalue weighted by Crippen LogP contribution is -2.42. The SMILES string of the molecule is C#CC(C)(C)NC(=O)c1oncc1C. The van der Waals surface area contributed by atoms with Crippen LogP contribution < -0.4 is 5.32 Å². The van der Waals surface area contributed by atoms with Gasteiger partial charge < -0.3 is 9.84 Å². The molecule has 0 saturated heterocycles. The molecule has 0 atom stereocenters. The second kappa shape index (κ2) is 3.54. The molecule has 0 saturated carbocycles. The quantitative estimate of drug-likeness (QED) is 0.714. The van der Waals surface area contributed by atoms with E-state index in [0.29, 0.717) is 5.56 Å². The van der Waals surface area contributed by atoms with Crippen molar-refractivity contribution in [1.82, 2.24) is 10.5 Å².